The molecule has 0 bridgehead atoms. The Morgan fingerprint density at radius 3 is 2.45 bits per heavy atom. The van der Waals surface area contributed by atoms with E-state index in [1.165, 1.54) is 4.31 Å². The predicted octanol–water partition coefficient (Wildman–Crippen LogP) is 3.62. The Labute approximate surface area is 182 Å². The minimum absolute atomic E-state index is 0.155. The highest BCUT2D eigenvalue weighted by Gasteiger charge is 2.28. The van der Waals surface area contributed by atoms with Gasteiger partial charge >= 0.3 is 0 Å². The third kappa shape index (κ3) is 5.03. The molecule has 0 aliphatic carbocycles. The van der Waals surface area contributed by atoms with E-state index in [4.69, 9.17) is 0 Å². The van der Waals surface area contributed by atoms with Crippen LogP contribution in [0.1, 0.15) is 31.2 Å². The third-order valence-electron chi connectivity index (χ3n) is 5.39. The molecule has 2 aromatic carbocycles. The summed E-state index contributed by atoms with van der Waals surface area (Å²) in [5.74, 6) is -0.228. The molecule has 1 N–H and O–H groups in total. The molecule has 162 valence electrons. The fourth-order valence-corrected chi connectivity index (χ4v) is 5.39. The Balaban J connectivity index is 1.41. The first-order valence-corrected chi connectivity index (χ1v) is 12.0. The van der Waals surface area contributed by atoms with Crippen molar-refractivity contribution in [3.05, 3.63) is 72.6 Å². The number of carbonyl (C=O) groups excluding carboxylic acids is 1. The summed E-state index contributed by atoms with van der Waals surface area (Å²) in [7, 11) is -3.63. The fourth-order valence-electron chi connectivity index (χ4n) is 3.72. The van der Waals surface area contributed by atoms with Gasteiger partial charge in [-0.3, -0.25) is 4.79 Å². The normalized spacial score (nSPS) is 15.0. The molecule has 2 heterocycles. The Morgan fingerprint density at radius 2 is 1.68 bits per heavy atom. The van der Waals surface area contributed by atoms with Crippen molar-refractivity contribution in [2.24, 2.45) is 0 Å². The second-order valence-corrected chi connectivity index (χ2v) is 9.54. The first-order valence-electron chi connectivity index (χ1n) is 10.5. The van der Waals surface area contributed by atoms with Crippen LogP contribution in [0.15, 0.2) is 71.9 Å². The van der Waals surface area contributed by atoms with Gasteiger partial charge in [0, 0.05) is 25.7 Å². The minimum Gasteiger partial charge on any atom is -0.325 e. The summed E-state index contributed by atoms with van der Waals surface area (Å²) < 4.78 is 29.4. The van der Waals surface area contributed by atoms with Gasteiger partial charge in [-0.15, -0.1) is 0 Å². The molecule has 3 aromatic rings. The lowest BCUT2D eigenvalue weighted by Crippen LogP contribution is -2.36. The van der Waals surface area contributed by atoms with Crippen LogP contribution in [0.25, 0.3) is 5.69 Å². The molecule has 1 amide bonds. The Kier molecular flexibility index (Phi) is 6.48. The number of nitrogens with zero attached hydrogens (tertiary/aromatic N) is 3. The highest BCUT2D eigenvalue weighted by Crippen LogP contribution is 2.27. The summed E-state index contributed by atoms with van der Waals surface area (Å²) in [5, 5.41) is 7.14. The fraction of sp³-hybridized carbons (Fsp3) is 0.304. The van der Waals surface area contributed by atoms with Gasteiger partial charge in [0.15, 0.2) is 0 Å². The number of carbonyl (C=O) groups is 1. The first kappa shape index (κ1) is 21.3. The number of piperidine rings is 1. The number of sulfonamides is 1. The number of para-hydroxylation sites is 2. The van der Waals surface area contributed by atoms with Crippen LogP contribution in [0.4, 0.5) is 5.69 Å². The number of anilines is 1. The summed E-state index contributed by atoms with van der Waals surface area (Å²) in [6.45, 7) is 1.05. The van der Waals surface area contributed by atoms with E-state index in [2.05, 4.69) is 10.4 Å². The van der Waals surface area contributed by atoms with Crippen molar-refractivity contribution < 1.29 is 13.2 Å². The van der Waals surface area contributed by atoms with E-state index in [9.17, 15) is 13.2 Å². The summed E-state index contributed by atoms with van der Waals surface area (Å²) in [4.78, 5) is 12.7. The number of benzene rings is 2. The van der Waals surface area contributed by atoms with Crippen molar-refractivity contribution in [3.8, 4) is 5.69 Å². The molecule has 0 atom stereocenters. The average Bonchev–Trinajstić information content (AvgIpc) is 3.28. The van der Waals surface area contributed by atoms with Gasteiger partial charge < -0.3 is 5.32 Å². The Morgan fingerprint density at radius 1 is 0.968 bits per heavy atom. The number of amides is 1. The maximum Gasteiger partial charge on any atom is 0.245 e. The zero-order valence-corrected chi connectivity index (χ0v) is 18.1. The van der Waals surface area contributed by atoms with E-state index in [1.807, 2.05) is 36.5 Å². The molecule has 8 heteroatoms. The summed E-state index contributed by atoms with van der Waals surface area (Å²) in [5.41, 5.74) is 2.22. The molecule has 1 saturated heterocycles. The Hall–Kier alpha value is -2.97. The van der Waals surface area contributed by atoms with E-state index >= 15 is 0 Å². The lowest BCUT2D eigenvalue weighted by Gasteiger charge is -2.26. The van der Waals surface area contributed by atoms with Gasteiger partial charge in [-0.25, -0.2) is 13.1 Å². The van der Waals surface area contributed by atoms with E-state index in [0.29, 0.717) is 25.2 Å². The maximum atomic E-state index is 13.1. The lowest BCUT2D eigenvalue weighted by molar-refractivity contribution is -0.116. The number of aryl methyl sites for hydroxylation is 1. The Bertz CT molecular complexity index is 1140. The molecular weight excluding hydrogens is 412 g/mol. The molecule has 1 aliphatic heterocycles. The number of nitrogens with one attached hydrogen (secondary N) is 1. The van der Waals surface area contributed by atoms with Crippen LogP contribution >= 0.6 is 0 Å². The van der Waals surface area contributed by atoms with Crippen LogP contribution in [0.3, 0.4) is 0 Å². The molecular formula is C23H26N4O3S. The van der Waals surface area contributed by atoms with Crippen LogP contribution in [-0.4, -0.2) is 41.5 Å². The largest absolute Gasteiger partial charge is 0.325 e. The van der Waals surface area contributed by atoms with Gasteiger partial charge in [-0.05, 0) is 49.1 Å². The van der Waals surface area contributed by atoms with Crippen molar-refractivity contribution >= 4 is 21.6 Å². The average molecular weight is 439 g/mol. The standard InChI is InChI=1S/C23H26N4O3S/c28-23(14-13-19-17-24-27(18-19)20-9-3-1-4-10-20)25-21-11-5-6-12-22(21)31(29,30)26-15-7-2-8-16-26/h1,3-6,9-12,17-18H,2,7-8,13-16H2,(H,25,28). The van der Waals surface area contributed by atoms with Gasteiger partial charge in [0.1, 0.15) is 4.90 Å². The molecule has 0 saturated carbocycles. The van der Waals surface area contributed by atoms with Gasteiger partial charge in [0.2, 0.25) is 15.9 Å². The van der Waals surface area contributed by atoms with Crippen molar-refractivity contribution in [2.75, 3.05) is 18.4 Å². The number of rotatable bonds is 7. The highest BCUT2D eigenvalue weighted by atomic mass is 32.2. The highest BCUT2D eigenvalue weighted by molar-refractivity contribution is 7.89. The topological polar surface area (TPSA) is 84.3 Å². The van der Waals surface area contributed by atoms with E-state index in [1.54, 1.807) is 35.1 Å². The summed E-state index contributed by atoms with van der Waals surface area (Å²) >= 11 is 0. The predicted molar refractivity (Wildman–Crippen MR) is 120 cm³/mol. The number of hydrogen-bond donors (Lipinski definition) is 1. The molecule has 1 aromatic heterocycles. The SMILES string of the molecule is O=C(CCc1cnn(-c2ccccc2)c1)Nc1ccccc1S(=O)(=O)N1CCCCC1. The van der Waals surface area contributed by atoms with Crippen molar-refractivity contribution in [3.63, 3.8) is 0 Å². The zero-order valence-electron chi connectivity index (χ0n) is 17.3. The van der Waals surface area contributed by atoms with Gasteiger partial charge in [0.05, 0.1) is 17.6 Å². The minimum atomic E-state index is -3.63. The van der Waals surface area contributed by atoms with Crippen molar-refractivity contribution in [2.45, 2.75) is 37.0 Å². The van der Waals surface area contributed by atoms with Crippen molar-refractivity contribution in [1.29, 1.82) is 0 Å². The molecule has 0 spiro atoms. The molecule has 31 heavy (non-hydrogen) atoms. The van der Waals surface area contributed by atoms with E-state index < -0.39 is 10.0 Å². The second-order valence-electron chi connectivity index (χ2n) is 7.64. The van der Waals surface area contributed by atoms with Gasteiger partial charge in [0.25, 0.3) is 0 Å². The quantitative estimate of drug-likeness (QED) is 0.611. The number of hydrogen-bond acceptors (Lipinski definition) is 4. The van der Waals surface area contributed by atoms with E-state index in [-0.39, 0.29) is 17.2 Å². The first-order chi connectivity index (χ1) is 15.0. The monoisotopic (exact) mass is 438 g/mol. The smallest absolute Gasteiger partial charge is 0.245 e. The van der Waals surface area contributed by atoms with Crippen LogP contribution in [0, 0.1) is 0 Å². The molecule has 1 aliphatic rings. The van der Waals surface area contributed by atoms with Crippen LogP contribution < -0.4 is 5.32 Å². The molecule has 0 unspecified atom stereocenters. The maximum absolute atomic E-state index is 13.1. The van der Waals surface area contributed by atoms with Crippen LogP contribution in [-0.2, 0) is 21.2 Å². The van der Waals surface area contributed by atoms with Gasteiger partial charge in [-0.2, -0.15) is 9.40 Å². The third-order valence-corrected chi connectivity index (χ3v) is 7.35. The zero-order chi connectivity index (χ0) is 21.7. The lowest BCUT2D eigenvalue weighted by atomic mass is 10.2. The van der Waals surface area contributed by atoms with E-state index in [0.717, 1.165) is 30.5 Å². The van der Waals surface area contributed by atoms with Crippen molar-refractivity contribution in [1.82, 2.24) is 14.1 Å². The summed E-state index contributed by atoms with van der Waals surface area (Å²) in [6.07, 6.45) is 7.17. The molecule has 1 fully saturated rings. The van der Waals surface area contributed by atoms with Crippen LogP contribution in [0.5, 0.6) is 0 Å². The van der Waals surface area contributed by atoms with Crippen LogP contribution in [0.2, 0.25) is 0 Å². The summed E-state index contributed by atoms with van der Waals surface area (Å²) in [6, 6.07) is 16.4. The van der Waals surface area contributed by atoms with Gasteiger partial charge in [-0.1, -0.05) is 36.8 Å². The molecule has 7 nitrogen and oxygen atoms in total. The number of aromatic nitrogens is 2. The molecule has 4 rings (SSSR count). The molecule has 0 radical (unpaired) electrons. The second kappa shape index (κ2) is 9.45.